The second kappa shape index (κ2) is 3.86. The fourth-order valence-corrected chi connectivity index (χ4v) is 1.94. The highest BCUT2D eigenvalue weighted by Gasteiger charge is 2.17. The Bertz CT molecular complexity index is 623. The van der Waals surface area contributed by atoms with Gasteiger partial charge in [0.25, 0.3) is 0 Å². The van der Waals surface area contributed by atoms with Gasteiger partial charge in [-0.3, -0.25) is 0 Å². The van der Waals surface area contributed by atoms with Crippen molar-refractivity contribution in [2.75, 3.05) is 0 Å². The van der Waals surface area contributed by atoms with Crippen molar-refractivity contribution in [1.29, 1.82) is 0 Å². The maximum absolute atomic E-state index is 6.16. The van der Waals surface area contributed by atoms with E-state index in [1.54, 1.807) is 12.3 Å². The molecule has 0 saturated heterocycles. The van der Waals surface area contributed by atoms with E-state index in [2.05, 4.69) is 9.98 Å². The molecule has 1 aromatic carbocycles. The number of halogens is 1. The molecule has 0 spiro atoms. The molecule has 0 atom stereocenters. The van der Waals surface area contributed by atoms with E-state index in [1.807, 2.05) is 31.2 Å². The second-order valence-electron chi connectivity index (χ2n) is 3.83. The van der Waals surface area contributed by atoms with Crippen LogP contribution in [-0.2, 0) is 0 Å². The molecule has 1 aliphatic rings. The number of ether oxygens (including phenoxy) is 1. The summed E-state index contributed by atoms with van der Waals surface area (Å²) < 4.78 is 5.72. The molecule has 0 saturated carbocycles. The summed E-state index contributed by atoms with van der Waals surface area (Å²) in [6.07, 6.45) is 1.67. The Hall–Kier alpha value is -1.87. The second-order valence-corrected chi connectivity index (χ2v) is 4.19. The number of hydrogen-bond donors (Lipinski definition) is 0. The van der Waals surface area contributed by atoms with Crippen molar-refractivity contribution >= 4 is 22.5 Å². The first-order chi connectivity index (χ1) is 8.24. The number of benzene rings is 1. The highest BCUT2D eigenvalue weighted by molar-refractivity contribution is 6.70. The first-order valence-electron chi connectivity index (χ1n) is 5.22. The lowest BCUT2D eigenvalue weighted by molar-refractivity contribution is 0.465. The lowest BCUT2D eigenvalue weighted by Gasteiger charge is -2.06. The van der Waals surface area contributed by atoms with Gasteiger partial charge < -0.3 is 4.74 Å². The van der Waals surface area contributed by atoms with Crippen LogP contribution in [0.25, 0.3) is 0 Å². The number of pyridine rings is 1. The van der Waals surface area contributed by atoms with Gasteiger partial charge >= 0.3 is 0 Å². The zero-order valence-corrected chi connectivity index (χ0v) is 9.90. The van der Waals surface area contributed by atoms with E-state index in [-0.39, 0.29) is 0 Å². The van der Waals surface area contributed by atoms with Crippen LogP contribution in [0.1, 0.15) is 11.1 Å². The van der Waals surface area contributed by atoms with Crippen LogP contribution in [-0.4, -0.2) is 10.2 Å². The van der Waals surface area contributed by atoms with Crippen LogP contribution in [0.15, 0.2) is 41.5 Å². The molecule has 1 aliphatic heterocycles. The molecule has 2 aromatic rings. The molecule has 0 amide bonds. The topological polar surface area (TPSA) is 34.5 Å². The third-order valence-corrected chi connectivity index (χ3v) is 2.82. The fraction of sp³-hybridized carbons (Fsp3) is 0.0769. The monoisotopic (exact) mass is 244 g/mol. The third kappa shape index (κ3) is 1.78. The van der Waals surface area contributed by atoms with E-state index in [0.717, 1.165) is 11.3 Å². The van der Waals surface area contributed by atoms with Gasteiger partial charge in [-0.2, -0.15) is 0 Å². The molecule has 3 rings (SSSR count). The van der Waals surface area contributed by atoms with Gasteiger partial charge in [0.05, 0.1) is 5.56 Å². The summed E-state index contributed by atoms with van der Waals surface area (Å²) in [6.45, 7) is 2.00. The van der Waals surface area contributed by atoms with Crippen molar-refractivity contribution < 1.29 is 4.74 Å². The van der Waals surface area contributed by atoms with Crippen molar-refractivity contribution in [3.63, 3.8) is 0 Å². The SMILES string of the molecule is Cc1ccc2c(c1)N=C(Cl)c1cccnc1O2. The molecule has 1 aromatic heterocycles. The Kier molecular flexibility index (Phi) is 2.34. The number of aliphatic imine (C=N–C) groups is 1. The zero-order valence-electron chi connectivity index (χ0n) is 9.14. The first-order valence-corrected chi connectivity index (χ1v) is 5.60. The van der Waals surface area contributed by atoms with E-state index in [4.69, 9.17) is 16.3 Å². The Morgan fingerprint density at radius 3 is 3.00 bits per heavy atom. The highest BCUT2D eigenvalue weighted by atomic mass is 35.5. The summed E-state index contributed by atoms with van der Waals surface area (Å²) in [4.78, 5) is 8.52. The number of nitrogens with zero attached hydrogens (tertiary/aromatic N) is 2. The number of rotatable bonds is 0. The van der Waals surface area contributed by atoms with Crippen LogP contribution < -0.4 is 4.74 Å². The Morgan fingerprint density at radius 1 is 1.24 bits per heavy atom. The van der Waals surface area contributed by atoms with Crippen molar-refractivity contribution in [2.24, 2.45) is 4.99 Å². The van der Waals surface area contributed by atoms with Gasteiger partial charge in [0.1, 0.15) is 10.9 Å². The lowest BCUT2D eigenvalue weighted by Crippen LogP contribution is -1.95. The molecular formula is C13H9ClN2O. The summed E-state index contributed by atoms with van der Waals surface area (Å²) in [5.41, 5.74) is 2.55. The lowest BCUT2D eigenvalue weighted by atomic mass is 10.2. The van der Waals surface area contributed by atoms with Gasteiger partial charge in [0.2, 0.25) is 5.88 Å². The maximum atomic E-state index is 6.16. The minimum Gasteiger partial charge on any atom is -0.436 e. The summed E-state index contributed by atoms with van der Waals surface area (Å²) >= 11 is 6.16. The van der Waals surface area contributed by atoms with Crippen molar-refractivity contribution in [2.45, 2.75) is 6.92 Å². The average Bonchev–Trinajstić information content (AvgIpc) is 2.46. The quantitative estimate of drug-likeness (QED) is 0.706. The Labute approximate surface area is 104 Å². The van der Waals surface area contributed by atoms with Crippen molar-refractivity contribution in [3.05, 3.63) is 47.7 Å². The van der Waals surface area contributed by atoms with Crippen LogP contribution in [0.3, 0.4) is 0 Å². The van der Waals surface area contributed by atoms with E-state index in [0.29, 0.717) is 22.4 Å². The van der Waals surface area contributed by atoms with Crippen molar-refractivity contribution in [3.8, 4) is 11.6 Å². The standard InChI is InChI=1S/C13H9ClN2O/c1-8-4-5-11-10(7-8)16-12(14)9-3-2-6-15-13(9)17-11/h2-7H,1H3. The molecule has 3 nitrogen and oxygen atoms in total. The number of aromatic nitrogens is 1. The highest BCUT2D eigenvalue weighted by Crippen LogP contribution is 2.37. The third-order valence-electron chi connectivity index (χ3n) is 2.53. The van der Waals surface area contributed by atoms with E-state index in [9.17, 15) is 0 Å². The number of fused-ring (bicyclic) bond motifs is 2. The predicted octanol–water partition coefficient (Wildman–Crippen LogP) is 3.81. The van der Waals surface area contributed by atoms with E-state index < -0.39 is 0 Å². The van der Waals surface area contributed by atoms with Crippen LogP contribution in [0.4, 0.5) is 5.69 Å². The minimum atomic E-state index is 0.400. The van der Waals surface area contributed by atoms with Gasteiger partial charge in [-0.1, -0.05) is 17.7 Å². The number of aryl methyl sites for hydroxylation is 1. The molecule has 17 heavy (non-hydrogen) atoms. The zero-order chi connectivity index (χ0) is 11.8. The largest absolute Gasteiger partial charge is 0.436 e. The summed E-state index contributed by atoms with van der Waals surface area (Å²) in [5, 5.41) is 0.400. The Morgan fingerprint density at radius 2 is 2.12 bits per heavy atom. The van der Waals surface area contributed by atoms with E-state index in [1.165, 1.54) is 0 Å². The van der Waals surface area contributed by atoms with Crippen LogP contribution in [0.5, 0.6) is 11.6 Å². The van der Waals surface area contributed by atoms with Gasteiger partial charge in [0, 0.05) is 6.20 Å². The van der Waals surface area contributed by atoms with E-state index >= 15 is 0 Å². The molecule has 84 valence electrons. The first kappa shape index (κ1) is 10.3. The van der Waals surface area contributed by atoms with Crippen LogP contribution >= 0.6 is 11.6 Å². The van der Waals surface area contributed by atoms with Gasteiger partial charge in [0.15, 0.2) is 5.75 Å². The summed E-state index contributed by atoms with van der Waals surface area (Å²) in [7, 11) is 0. The molecule has 0 N–H and O–H groups in total. The smallest absolute Gasteiger partial charge is 0.229 e. The fourth-order valence-electron chi connectivity index (χ4n) is 1.70. The van der Waals surface area contributed by atoms with Crippen LogP contribution in [0.2, 0.25) is 0 Å². The molecule has 0 bridgehead atoms. The average molecular weight is 245 g/mol. The number of hydrogen-bond acceptors (Lipinski definition) is 3. The van der Waals surface area contributed by atoms with Gasteiger partial charge in [-0.05, 0) is 36.8 Å². The molecule has 4 heteroatoms. The normalized spacial score (nSPS) is 12.9. The maximum Gasteiger partial charge on any atom is 0.229 e. The van der Waals surface area contributed by atoms with Crippen LogP contribution in [0, 0.1) is 6.92 Å². The van der Waals surface area contributed by atoms with Crippen molar-refractivity contribution in [1.82, 2.24) is 4.98 Å². The molecule has 0 fully saturated rings. The predicted molar refractivity (Wildman–Crippen MR) is 67.5 cm³/mol. The summed E-state index contributed by atoms with van der Waals surface area (Å²) in [6, 6.07) is 9.43. The molecule has 0 radical (unpaired) electrons. The molecule has 0 aliphatic carbocycles. The molecule has 0 unspecified atom stereocenters. The minimum absolute atomic E-state index is 0.400. The summed E-state index contributed by atoms with van der Waals surface area (Å²) in [5.74, 6) is 1.16. The Balaban J connectivity index is 2.24. The van der Waals surface area contributed by atoms with Gasteiger partial charge in [-0.15, -0.1) is 0 Å². The molecular weight excluding hydrogens is 236 g/mol. The molecule has 2 heterocycles. The van der Waals surface area contributed by atoms with Gasteiger partial charge in [-0.25, -0.2) is 9.98 Å².